The van der Waals surface area contributed by atoms with Crippen molar-refractivity contribution in [1.29, 1.82) is 0 Å². The number of piperazine rings is 1. The first-order valence-corrected chi connectivity index (χ1v) is 5.41. The summed E-state index contributed by atoms with van der Waals surface area (Å²) in [5.74, 6) is 0. The van der Waals surface area contributed by atoms with Crippen molar-refractivity contribution in [2.75, 3.05) is 39.9 Å². The number of aliphatic hydroxyl groups is 1. The average Bonchev–Trinajstić information content (AvgIpc) is 2.33. The van der Waals surface area contributed by atoms with Gasteiger partial charge in [-0.2, -0.15) is 0 Å². The Hall–Kier alpha value is -0.810. The summed E-state index contributed by atoms with van der Waals surface area (Å²) in [6.45, 7) is 5.93. The summed E-state index contributed by atoms with van der Waals surface area (Å²) in [7, 11) is 1.00. The molecule has 0 bridgehead atoms. The van der Waals surface area contributed by atoms with Gasteiger partial charge < -0.3 is 20.1 Å². The van der Waals surface area contributed by atoms with E-state index in [-0.39, 0.29) is 6.09 Å². The van der Waals surface area contributed by atoms with Gasteiger partial charge in [-0.3, -0.25) is 0 Å². The Kier molecular flexibility index (Phi) is 9.21. The van der Waals surface area contributed by atoms with E-state index in [1.807, 2.05) is 0 Å². The lowest BCUT2D eigenvalue weighted by Gasteiger charge is -2.26. The van der Waals surface area contributed by atoms with Crippen LogP contribution in [0.15, 0.2) is 0 Å². The monoisotopic (exact) mass is 218 g/mol. The van der Waals surface area contributed by atoms with Crippen molar-refractivity contribution >= 4 is 6.09 Å². The van der Waals surface area contributed by atoms with Crippen LogP contribution in [0.5, 0.6) is 0 Å². The maximum Gasteiger partial charge on any atom is 0.409 e. The van der Waals surface area contributed by atoms with Crippen LogP contribution < -0.4 is 5.32 Å². The average molecular weight is 218 g/mol. The number of carbonyl (C=O) groups excluding carboxylic acids is 1. The number of unbranched alkanes of at least 4 members (excludes halogenated alkanes) is 1. The number of ether oxygens (including phenoxy) is 1. The first-order valence-electron chi connectivity index (χ1n) is 5.41. The Bertz CT molecular complexity index is 159. The van der Waals surface area contributed by atoms with Crippen LogP contribution in [0.1, 0.15) is 19.8 Å². The number of rotatable bonds is 3. The van der Waals surface area contributed by atoms with Gasteiger partial charge >= 0.3 is 6.09 Å². The third-order valence-electron chi connectivity index (χ3n) is 2.10. The van der Waals surface area contributed by atoms with E-state index in [9.17, 15) is 4.79 Å². The zero-order valence-electron chi connectivity index (χ0n) is 9.66. The predicted molar refractivity (Wildman–Crippen MR) is 58.8 cm³/mol. The first kappa shape index (κ1) is 14.2. The molecule has 5 heteroatoms. The lowest BCUT2D eigenvalue weighted by molar-refractivity contribution is 0.0965. The summed E-state index contributed by atoms with van der Waals surface area (Å²) >= 11 is 0. The molecule has 1 fully saturated rings. The summed E-state index contributed by atoms with van der Waals surface area (Å²) in [5.41, 5.74) is 0. The highest BCUT2D eigenvalue weighted by Gasteiger charge is 2.16. The molecule has 0 aromatic heterocycles. The van der Waals surface area contributed by atoms with Crippen molar-refractivity contribution in [3.05, 3.63) is 0 Å². The van der Waals surface area contributed by atoms with E-state index in [0.717, 1.165) is 46.1 Å². The standard InChI is InChI=1S/C9H18N2O2.CH4O/c1-2-3-8-13-9(12)11-6-4-10-5-7-11;1-2/h10H,2-8H2,1H3;2H,1H3. The molecule has 5 nitrogen and oxygen atoms in total. The van der Waals surface area contributed by atoms with Gasteiger partial charge in [0.2, 0.25) is 0 Å². The third-order valence-corrected chi connectivity index (χ3v) is 2.10. The van der Waals surface area contributed by atoms with Gasteiger partial charge in [-0.05, 0) is 6.42 Å². The molecule has 1 amide bonds. The number of amides is 1. The van der Waals surface area contributed by atoms with Crippen LogP contribution >= 0.6 is 0 Å². The minimum Gasteiger partial charge on any atom is -0.449 e. The third kappa shape index (κ3) is 6.30. The van der Waals surface area contributed by atoms with Crippen LogP contribution in [0.25, 0.3) is 0 Å². The van der Waals surface area contributed by atoms with E-state index in [4.69, 9.17) is 9.84 Å². The molecule has 2 N–H and O–H groups in total. The molecular formula is C10H22N2O3. The maximum absolute atomic E-state index is 11.3. The van der Waals surface area contributed by atoms with Gasteiger partial charge in [-0.1, -0.05) is 13.3 Å². The van der Waals surface area contributed by atoms with Gasteiger partial charge in [0.1, 0.15) is 0 Å². The second kappa shape index (κ2) is 9.73. The molecule has 0 radical (unpaired) electrons. The fourth-order valence-corrected chi connectivity index (χ4v) is 1.24. The summed E-state index contributed by atoms with van der Waals surface area (Å²) in [6, 6.07) is 0. The minimum atomic E-state index is -0.157. The smallest absolute Gasteiger partial charge is 0.409 e. The van der Waals surface area contributed by atoms with Gasteiger partial charge in [0.15, 0.2) is 0 Å². The Morgan fingerprint density at radius 3 is 2.53 bits per heavy atom. The van der Waals surface area contributed by atoms with Crippen LogP contribution in [0, 0.1) is 0 Å². The molecule has 1 aliphatic heterocycles. The number of carbonyl (C=O) groups is 1. The second-order valence-corrected chi connectivity index (χ2v) is 3.20. The lowest BCUT2D eigenvalue weighted by atomic mass is 10.4. The van der Waals surface area contributed by atoms with E-state index >= 15 is 0 Å². The predicted octanol–water partition coefficient (Wildman–Crippen LogP) is 0.437. The molecule has 0 unspecified atom stereocenters. The fourth-order valence-electron chi connectivity index (χ4n) is 1.24. The highest BCUT2D eigenvalue weighted by atomic mass is 16.6. The molecule has 0 aromatic carbocycles. The SMILES string of the molecule is CCCCOC(=O)N1CCNCC1.CO. The second-order valence-electron chi connectivity index (χ2n) is 3.20. The number of nitrogens with one attached hydrogen (secondary N) is 1. The van der Waals surface area contributed by atoms with Crippen LogP contribution in [-0.4, -0.2) is 56.0 Å². The van der Waals surface area contributed by atoms with E-state index in [0.29, 0.717) is 6.61 Å². The molecule has 15 heavy (non-hydrogen) atoms. The molecular weight excluding hydrogens is 196 g/mol. The summed E-state index contributed by atoms with van der Waals surface area (Å²) < 4.78 is 5.08. The Labute approximate surface area is 91.4 Å². The van der Waals surface area contributed by atoms with E-state index < -0.39 is 0 Å². The highest BCUT2D eigenvalue weighted by molar-refractivity contribution is 5.67. The summed E-state index contributed by atoms with van der Waals surface area (Å²) in [5, 5.41) is 10.2. The summed E-state index contributed by atoms with van der Waals surface area (Å²) in [4.78, 5) is 13.1. The van der Waals surface area contributed by atoms with Gasteiger partial charge in [-0.15, -0.1) is 0 Å². The van der Waals surface area contributed by atoms with Gasteiger partial charge in [-0.25, -0.2) is 4.79 Å². The zero-order chi connectivity index (χ0) is 11.5. The molecule has 0 atom stereocenters. The number of aliphatic hydroxyl groups excluding tert-OH is 1. The molecule has 1 heterocycles. The fraction of sp³-hybridized carbons (Fsp3) is 0.900. The van der Waals surface area contributed by atoms with Crippen molar-refractivity contribution < 1.29 is 14.6 Å². The van der Waals surface area contributed by atoms with Crippen molar-refractivity contribution in [3.8, 4) is 0 Å². The van der Waals surface area contributed by atoms with Crippen molar-refractivity contribution in [3.63, 3.8) is 0 Å². The number of hydrogen-bond donors (Lipinski definition) is 2. The molecule has 1 saturated heterocycles. The quantitative estimate of drug-likeness (QED) is 0.675. The zero-order valence-corrected chi connectivity index (χ0v) is 9.66. The van der Waals surface area contributed by atoms with Gasteiger partial charge in [0, 0.05) is 33.3 Å². The van der Waals surface area contributed by atoms with Crippen molar-refractivity contribution in [2.45, 2.75) is 19.8 Å². The molecule has 90 valence electrons. The van der Waals surface area contributed by atoms with Crippen LogP contribution in [0.3, 0.4) is 0 Å². The van der Waals surface area contributed by atoms with Crippen LogP contribution in [0.2, 0.25) is 0 Å². The number of hydrogen-bond acceptors (Lipinski definition) is 4. The molecule has 1 rings (SSSR count). The van der Waals surface area contributed by atoms with E-state index in [1.165, 1.54) is 0 Å². The normalized spacial score (nSPS) is 15.3. The van der Waals surface area contributed by atoms with Crippen LogP contribution in [-0.2, 0) is 4.74 Å². The lowest BCUT2D eigenvalue weighted by Crippen LogP contribution is -2.46. The highest BCUT2D eigenvalue weighted by Crippen LogP contribution is 1.98. The Morgan fingerprint density at radius 2 is 2.00 bits per heavy atom. The van der Waals surface area contributed by atoms with Crippen molar-refractivity contribution in [1.82, 2.24) is 10.2 Å². The largest absolute Gasteiger partial charge is 0.449 e. The molecule has 0 spiro atoms. The molecule has 0 saturated carbocycles. The van der Waals surface area contributed by atoms with E-state index in [2.05, 4.69) is 12.2 Å². The molecule has 1 aliphatic rings. The molecule has 0 aromatic rings. The molecule has 0 aliphatic carbocycles. The van der Waals surface area contributed by atoms with Gasteiger partial charge in [0.25, 0.3) is 0 Å². The van der Waals surface area contributed by atoms with Crippen molar-refractivity contribution in [2.24, 2.45) is 0 Å². The van der Waals surface area contributed by atoms with Gasteiger partial charge in [0.05, 0.1) is 6.61 Å². The Morgan fingerprint density at radius 1 is 1.40 bits per heavy atom. The minimum absolute atomic E-state index is 0.157. The summed E-state index contributed by atoms with van der Waals surface area (Å²) in [6.07, 6.45) is 1.86. The first-order chi connectivity index (χ1) is 7.34. The topological polar surface area (TPSA) is 61.8 Å². The van der Waals surface area contributed by atoms with Crippen LogP contribution in [0.4, 0.5) is 4.79 Å². The van der Waals surface area contributed by atoms with E-state index in [1.54, 1.807) is 4.90 Å². The Balaban J connectivity index is 0.000000921. The number of nitrogens with zero attached hydrogens (tertiary/aromatic N) is 1. The maximum atomic E-state index is 11.3.